The molecule has 2 aliphatic rings. The van der Waals surface area contributed by atoms with Gasteiger partial charge in [0, 0.05) is 26.1 Å². The number of carboxylic acid groups (broad SMARTS) is 1. The van der Waals surface area contributed by atoms with Crippen molar-refractivity contribution in [1.82, 2.24) is 14.9 Å². The molecular formula is C15H13Cl2FN4O3. The molecule has 0 radical (unpaired) electrons. The van der Waals surface area contributed by atoms with Gasteiger partial charge < -0.3 is 19.6 Å². The number of fused-ring (bicyclic) bond motifs is 2. The van der Waals surface area contributed by atoms with Crippen LogP contribution in [0.2, 0.25) is 10.3 Å². The second-order valence-corrected chi connectivity index (χ2v) is 6.67. The molecule has 1 amide bonds. The maximum atomic E-state index is 14.4. The van der Waals surface area contributed by atoms with Crippen LogP contribution in [0.4, 0.5) is 15.0 Å². The maximum Gasteiger partial charge on any atom is 0.407 e. The molecule has 0 aliphatic carbocycles. The van der Waals surface area contributed by atoms with Crippen LogP contribution in [0.1, 0.15) is 6.42 Å². The van der Waals surface area contributed by atoms with E-state index < -0.39 is 11.9 Å². The average Bonchev–Trinajstić information content (AvgIpc) is 2.55. The van der Waals surface area contributed by atoms with Crippen molar-refractivity contribution >= 4 is 46.0 Å². The molecule has 3 heterocycles. The largest absolute Gasteiger partial charge is 0.491 e. The van der Waals surface area contributed by atoms with Gasteiger partial charge in [-0.3, -0.25) is 0 Å². The Labute approximate surface area is 151 Å². The van der Waals surface area contributed by atoms with Crippen LogP contribution in [0.15, 0.2) is 6.07 Å². The lowest BCUT2D eigenvalue weighted by molar-refractivity contribution is 0.131. The first kappa shape index (κ1) is 16.4. The molecule has 132 valence electrons. The van der Waals surface area contributed by atoms with E-state index in [4.69, 9.17) is 27.9 Å². The molecule has 1 unspecified atom stereocenters. The van der Waals surface area contributed by atoms with E-state index in [1.807, 2.05) is 4.90 Å². The number of benzene rings is 1. The van der Waals surface area contributed by atoms with E-state index in [0.717, 1.165) is 6.07 Å². The Morgan fingerprint density at radius 3 is 2.92 bits per heavy atom. The van der Waals surface area contributed by atoms with Gasteiger partial charge in [-0.25, -0.2) is 14.2 Å². The second-order valence-electron chi connectivity index (χ2n) is 5.92. The predicted octanol–water partition coefficient (Wildman–Crippen LogP) is 3.03. The highest BCUT2D eigenvalue weighted by Crippen LogP contribution is 2.42. The van der Waals surface area contributed by atoms with Crippen molar-refractivity contribution in [3.63, 3.8) is 0 Å². The van der Waals surface area contributed by atoms with Crippen LogP contribution in [0.5, 0.6) is 5.75 Å². The number of anilines is 1. The van der Waals surface area contributed by atoms with Crippen molar-refractivity contribution in [3.8, 4) is 5.75 Å². The van der Waals surface area contributed by atoms with Crippen molar-refractivity contribution in [2.24, 2.45) is 0 Å². The standard InChI is InChI=1S/C15H13Cl2FN4O3/c16-8-5-9(18)11-10-12(8)25-4-1-7-6-21(15(23)24)2-3-22(7)13(10)20-14(17)19-11/h5,7H,1-4,6H2,(H,23,24). The van der Waals surface area contributed by atoms with E-state index in [1.165, 1.54) is 4.90 Å². The summed E-state index contributed by atoms with van der Waals surface area (Å²) in [6, 6.07) is 0.988. The molecule has 0 spiro atoms. The van der Waals surface area contributed by atoms with Crippen molar-refractivity contribution in [3.05, 3.63) is 22.2 Å². The van der Waals surface area contributed by atoms with Gasteiger partial charge >= 0.3 is 6.09 Å². The molecule has 4 rings (SSSR count). The average molecular weight is 387 g/mol. The fourth-order valence-corrected chi connectivity index (χ4v) is 3.78. The van der Waals surface area contributed by atoms with Gasteiger partial charge in [-0.15, -0.1) is 0 Å². The molecule has 25 heavy (non-hydrogen) atoms. The van der Waals surface area contributed by atoms with Gasteiger partial charge in [0.05, 0.1) is 23.1 Å². The number of hydrogen-bond donors (Lipinski definition) is 1. The highest BCUT2D eigenvalue weighted by atomic mass is 35.5. The molecule has 1 aromatic carbocycles. The Hall–Kier alpha value is -2.06. The van der Waals surface area contributed by atoms with Gasteiger partial charge in [-0.05, 0) is 17.7 Å². The number of aromatic nitrogens is 2. The van der Waals surface area contributed by atoms with Crippen molar-refractivity contribution in [2.75, 3.05) is 31.1 Å². The summed E-state index contributed by atoms with van der Waals surface area (Å²) >= 11 is 12.2. The Kier molecular flexibility index (Phi) is 3.96. The Morgan fingerprint density at radius 2 is 2.16 bits per heavy atom. The minimum atomic E-state index is -0.969. The number of rotatable bonds is 0. The monoisotopic (exact) mass is 386 g/mol. The maximum absolute atomic E-state index is 14.4. The lowest BCUT2D eigenvalue weighted by Crippen LogP contribution is -2.55. The fourth-order valence-electron chi connectivity index (χ4n) is 3.37. The molecule has 1 aromatic heterocycles. The number of halogens is 3. The van der Waals surface area contributed by atoms with E-state index in [1.54, 1.807) is 0 Å². The van der Waals surface area contributed by atoms with Crippen molar-refractivity contribution in [1.29, 1.82) is 0 Å². The summed E-state index contributed by atoms with van der Waals surface area (Å²) in [5.41, 5.74) is 0.0377. The summed E-state index contributed by atoms with van der Waals surface area (Å²) in [6.07, 6.45) is -0.400. The summed E-state index contributed by atoms with van der Waals surface area (Å²) in [4.78, 5) is 22.8. The van der Waals surface area contributed by atoms with E-state index in [0.29, 0.717) is 49.6 Å². The van der Waals surface area contributed by atoms with Crippen molar-refractivity contribution < 1.29 is 19.0 Å². The normalized spacial score (nSPS) is 19.9. The first-order valence-corrected chi connectivity index (χ1v) is 8.44. The van der Waals surface area contributed by atoms with Gasteiger partial charge in [0.25, 0.3) is 0 Å². The van der Waals surface area contributed by atoms with Crippen LogP contribution in [0, 0.1) is 5.82 Å². The number of piperazine rings is 1. The van der Waals surface area contributed by atoms with E-state index in [-0.39, 0.29) is 21.9 Å². The predicted molar refractivity (Wildman–Crippen MR) is 90.4 cm³/mol. The molecule has 1 fully saturated rings. The molecule has 0 bridgehead atoms. The summed E-state index contributed by atoms with van der Waals surface area (Å²) < 4.78 is 20.1. The second kappa shape index (κ2) is 6.03. The molecule has 2 aromatic rings. The highest BCUT2D eigenvalue weighted by molar-refractivity contribution is 6.34. The van der Waals surface area contributed by atoms with Gasteiger partial charge in [0.2, 0.25) is 5.28 Å². The SMILES string of the molecule is O=C(O)N1CCN2c3nc(Cl)nc4c(F)cc(Cl)c(c34)OCCC2C1. The number of hydrogen-bond acceptors (Lipinski definition) is 5. The lowest BCUT2D eigenvalue weighted by atomic mass is 10.1. The van der Waals surface area contributed by atoms with Gasteiger partial charge in [-0.1, -0.05) is 11.6 Å². The van der Waals surface area contributed by atoms with Crippen molar-refractivity contribution in [2.45, 2.75) is 12.5 Å². The third-order valence-electron chi connectivity index (χ3n) is 4.51. The van der Waals surface area contributed by atoms with E-state index >= 15 is 0 Å². The molecule has 1 N–H and O–H groups in total. The van der Waals surface area contributed by atoms with Gasteiger partial charge in [0.1, 0.15) is 11.3 Å². The zero-order valence-electron chi connectivity index (χ0n) is 12.9. The van der Waals surface area contributed by atoms with Gasteiger partial charge in [0.15, 0.2) is 11.6 Å². The molecular weight excluding hydrogens is 374 g/mol. The minimum absolute atomic E-state index is 0.0377. The van der Waals surface area contributed by atoms with Crippen LogP contribution in [0.25, 0.3) is 10.9 Å². The molecule has 0 saturated carbocycles. The molecule has 10 heteroatoms. The third-order valence-corrected chi connectivity index (χ3v) is 4.96. The fraction of sp³-hybridized carbons (Fsp3) is 0.400. The lowest BCUT2D eigenvalue weighted by Gasteiger charge is -2.42. The molecule has 7 nitrogen and oxygen atoms in total. The quantitative estimate of drug-likeness (QED) is 0.701. The zero-order chi connectivity index (χ0) is 17.7. The zero-order valence-corrected chi connectivity index (χ0v) is 14.4. The first-order valence-electron chi connectivity index (χ1n) is 7.68. The van der Waals surface area contributed by atoms with Crippen LogP contribution in [-0.2, 0) is 0 Å². The topological polar surface area (TPSA) is 78.8 Å². The Morgan fingerprint density at radius 1 is 1.36 bits per heavy atom. The smallest absolute Gasteiger partial charge is 0.407 e. The van der Waals surface area contributed by atoms with Crippen LogP contribution < -0.4 is 9.64 Å². The van der Waals surface area contributed by atoms with E-state index in [2.05, 4.69) is 9.97 Å². The molecule has 1 saturated heterocycles. The first-order chi connectivity index (χ1) is 12.0. The molecule has 2 aliphatic heterocycles. The highest BCUT2D eigenvalue weighted by Gasteiger charge is 2.34. The summed E-state index contributed by atoms with van der Waals surface area (Å²) in [5, 5.41) is 9.66. The summed E-state index contributed by atoms with van der Waals surface area (Å²) in [7, 11) is 0. The minimum Gasteiger partial charge on any atom is -0.491 e. The third kappa shape index (κ3) is 2.69. The molecule has 1 atom stereocenters. The van der Waals surface area contributed by atoms with Crippen LogP contribution in [-0.4, -0.2) is 58.4 Å². The number of carbonyl (C=O) groups is 1. The van der Waals surface area contributed by atoms with E-state index in [9.17, 15) is 14.3 Å². The number of amides is 1. The number of nitrogens with zero attached hydrogens (tertiary/aromatic N) is 4. The number of ether oxygens (including phenoxy) is 1. The summed E-state index contributed by atoms with van der Waals surface area (Å²) in [5.74, 6) is 0.129. The Bertz CT molecular complexity index is 882. The van der Waals surface area contributed by atoms with Gasteiger partial charge in [-0.2, -0.15) is 4.98 Å². The van der Waals surface area contributed by atoms with Crippen LogP contribution in [0.3, 0.4) is 0 Å². The van der Waals surface area contributed by atoms with Crippen LogP contribution >= 0.6 is 23.2 Å². The summed E-state index contributed by atoms with van der Waals surface area (Å²) in [6.45, 7) is 1.35. The Balaban J connectivity index is 1.92.